The molecule has 0 bridgehead atoms. The van der Waals surface area contributed by atoms with E-state index in [2.05, 4.69) is 5.32 Å². The maximum Gasteiger partial charge on any atom is 0.328 e. The minimum atomic E-state index is -0.377. The van der Waals surface area contributed by atoms with Crippen LogP contribution in [0.2, 0.25) is 0 Å². The molecule has 0 aromatic carbocycles. The number of thiophene rings is 1. The number of nitrogens with zero attached hydrogens (tertiary/aromatic N) is 1. The first-order valence-electron chi connectivity index (χ1n) is 4.03. The number of urea groups is 1. The normalized spacial score (nSPS) is 19.2. The third-order valence-corrected chi connectivity index (χ3v) is 2.73. The Bertz CT molecular complexity index is 408. The lowest BCUT2D eigenvalue weighted by molar-refractivity contribution is -0.121. The van der Waals surface area contributed by atoms with Gasteiger partial charge in [0.2, 0.25) is 0 Å². The molecule has 3 amide bonds. The summed E-state index contributed by atoms with van der Waals surface area (Å²) >= 11 is 1.52. The second-order valence-electron chi connectivity index (χ2n) is 2.87. The Morgan fingerprint density at radius 1 is 1.50 bits per heavy atom. The number of rotatable bonds is 1. The number of nitrogens with one attached hydrogen (secondary N) is 1. The van der Waals surface area contributed by atoms with Gasteiger partial charge in [0.25, 0.3) is 5.91 Å². The van der Waals surface area contributed by atoms with Crippen LogP contribution in [0.3, 0.4) is 0 Å². The smallest absolute Gasteiger partial charge is 0.303 e. The van der Waals surface area contributed by atoms with E-state index in [-0.39, 0.29) is 11.9 Å². The van der Waals surface area contributed by atoms with Crippen LogP contribution in [-0.4, -0.2) is 23.9 Å². The van der Waals surface area contributed by atoms with Gasteiger partial charge >= 0.3 is 6.03 Å². The molecule has 4 nitrogen and oxygen atoms in total. The van der Waals surface area contributed by atoms with E-state index in [0.29, 0.717) is 5.70 Å². The van der Waals surface area contributed by atoms with Gasteiger partial charge in [0.15, 0.2) is 0 Å². The van der Waals surface area contributed by atoms with Crippen molar-refractivity contribution in [3.63, 3.8) is 0 Å². The highest BCUT2D eigenvalue weighted by Gasteiger charge is 2.29. The van der Waals surface area contributed by atoms with E-state index in [4.69, 9.17) is 0 Å². The van der Waals surface area contributed by atoms with Gasteiger partial charge < -0.3 is 5.32 Å². The average Bonchev–Trinajstić information content (AvgIpc) is 2.73. The molecule has 72 valence electrons. The van der Waals surface area contributed by atoms with Crippen molar-refractivity contribution in [1.29, 1.82) is 0 Å². The average molecular weight is 208 g/mol. The molecule has 0 saturated carbocycles. The van der Waals surface area contributed by atoms with Crippen molar-refractivity contribution in [2.24, 2.45) is 0 Å². The fourth-order valence-electron chi connectivity index (χ4n) is 1.14. The first kappa shape index (κ1) is 8.96. The molecule has 1 N–H and O–H groups in total. The number of hydrogen-bond acceptors (Lipinski definition) is 3. The summed E-state index contributed by atoms with van der Waals surface area (Å²) in [4.78, 5) is 24.5. The zero-order valence-electron chi connectivity index (χ0n) is 7.48. The highest BCUT2D eigenvalue weighted by molar-refractivity contribution is 7.10. The summed E-state index contributed by atoms with van der Waals surface area (Å²) in [6, 6.07) is 3.40. The van der Waals surface area contributed by atoms with E-state index in [1.807, 2.05) is 17.5 Å². The topological polar surface area (TPSA) is 49.4 Å². The van der Waals surface area contributed by atoms with Gasteiger partial charge in [-0.15, -0.1) is 11.3 Å². The first-order valence-corrected chi connectivity index (χ1v) is 4.90. The lowest BCUT2D eigenvalue weighted by Gasteiger charge is -1.99. The van der Waals surface area contributed by atoms with E-state index >= 15 is 0 Å². The zero-order chi connectivity index (χ0) is 10.1. The molecule has 1 saturated heterocycles. The van der Waals surface area contributed by atoms with Crippen molar-refractivity contribution in [1.82, 2.24) is 10.2 Å². The molecule has 5 heteroatoms. The predicted molar refractivity (Wildman–Crippen MR) is 53.6 cm³/mol. The minimum Gasteiger partial charge on any atom is -0.303 e. The third kappa shape index (κ3) is 1.42. The molecule has 14 heavy (non-hydrogen) atoms. The highest BCUT2D eigenvalue weighted by atomic mass is 32.1. The van der Waals surface area contributed by atoms with Crippen LogP contribution < -0.4 is 5.32 Å². The molecule has 1 aliphatic rings. The molecular formula is C9H8N2O2S. The molecular weight excluding hydrogens is 200 g/mol. The maximum atomic E-state index is 11.4. The molecule has 0 radical (unpaired) electrons. The van der Waals surface area contributed by atoms with Crippen LogP contribution in [-0.2, 0) is 4.79 Å². The quantitative estimate of drug-likeness (QED) is 0.558. The van der Waals surface area contributed by atoms with Crippen molar-refractivity contribution < 1.29 is 9.59 Å². The minimum absolute atomic E-state index is 0.289. The molecule has 0 aliphatic carbocycles. The Kier molecular flexibility index (Phi) is 2.09. The Morgan fingerprint density at radius 3 is 2.79 bits per heavy atom. The van der Waals surface area contributed by atoms with Gasteiger partial charge in [0, 0.05) is 11.9 Å². The molecule has 0 unspecified atom stereocenters. The fourth-order valence-corrected chi connectivity index (χ4v) is 1.80. The van der Waals surface area contributed by atoms with E-state index in [9.17, 15) is 9.59 Å². The molecule has 0 atom stereocenters. The predicted octanol–water partition coefficient (Wildman–Crippen LogP) is 1.27. The first-order chi connectivity index (χ1) is 6.68. The molecule has 2 rings (SSSR count). The summed E-state index contributed by atoms with van der Waals surface area (Å²) in [7, 11) is 1.45. The van der Waals surface area contributed by atoms with Crippen LogP contribution in [0, 0.1) is 0 Å². The number of imide groups is 1. The third-order valence-electron chi connectivity index (χ3n) is 1.91. The van der Waals surface area contributed by atoms with Gasteiger partial charge in [-0.1, -0.05) is 6.07 Å². The van der Waals surface area contributed by atoms with E-state index in [1.165, 1.54) is 18.4 Å². The molecule has 1 aromatic rings. The van der Waals surface area contributed by atoms with Crippen LogP contribution in [0.25, 0.3) is 6.08 Å². The van der Waals surface area contributed by atoms with E-state index < -0.39 is 0 Å². The van der Waals surface area contributed by atoms with Crippen molar-refractivity contribution in [2.45, 2.75) is 0 Å². The van der Waals surface area contributed by atoms with Gasteiger partial charge in [-0.2, -0.15) is 0 Å². The van der Waals surface area contributed by atoms with Crippen LogP contribution in [0.4, 0.5) is 4.79 Å². The monoisotopic (exact) mass is 208 g/mol. The van der Waals surface area contributed by atoms with Gasteiger partial charge in [-0.05, 0) is 17.5 Å². The molecule has 2 heterocycles. The van der Waals surface area contributed by atoms with E-state index in [0.717, 1.165) is 9.78 Å². The lowest BCUT2D eigenvalue weighted by Crippen LogP contribution is -2.25. The van der Waals surface area contributed by atoms with Crippen molar-refractivity contribution in [2.75, 3.05) is 7.05 Å². The van der Waals surface area contributed by atoms with Gasteiger partial charge in [0.1, 0.15) is 5.70 Å². The Balaban J connectivity index is 2.29. The Morgan fingerprint density at radius 2 is 2.29 bits per heavy atom. The molecule has 1 aromatic heterocycles. The summed E-state index contributed by atoms with van der Waals surface area (Å²) in [6.07, 6.45) is 1.67. The van der Waals surface area contributed by atoms with Gasteiger partial charge in [0.05, 0.1) is 0 Å². The molecule has 0 spiro atoms. The Hall–Kier alpha value is -1.62. The fraction of sp³-hybridized carbons (Fsp3) is 0.111. The van der Waals surface area contributed by atoms with Crippen LogP contribution in [0.1, 0.15) is 4.88 Å². The largest absolute Gasteiger partial charge is 0.328 e. The Labute approximate surface area is 84.8 Å². The number of likely N-dealkylation sites (N-methyl/N-ethyl adjacent to an activating group) is 1. The zero-order valence-corrected chi connectivity index (χ0v) is 8.30. The molecule has 1 fully saturated rings. The summed E-state index contributed by atoms with van der Waals surface area (Å²) in [5.74, 6) is -0.289. The van der Waals surface area contributed by atoms with E-state index in [1.54, 1.807) is 6.08 Å². The van der Waals surface area contributed by atoms with Crippen molar-refractivity contribution in [3.05, 3.63) is 28.1 Å². The van der Waals surface area contributed by atoms with Crippen LogP contribution >= 0.6 is 11.3 Å². The van der Waals surface area contributed by atoms with Gasteiger partial charge in [-0.25, -0.2) is 4.79 Å². The van der Waals surface area contributed by atoms with Crippen molar-refractivity contribution >= 4 is 29.4 Å². The lowest BCUT2D eigenvalue weighted by atomic mass is 10.3. The summed E-state index contributed by atoms with van der Waals surface area (Å²) in [5, 5.41) is 4.41. The summed E-state index contributed by atoms with van der Waals surface area (Å²) in [5.41, 5.74) is 0.333. The second kappa shape index (κ2) is 3.26. The number of carbonyl (C=O) groups is 2. The highest BCUT2D eigenvalue weighted by Crippen LogP contribution is 2.15. The second-order valence-corrected chi connectivity index (χ2v) is 3.85. The number of amides is 3. The SMILES string of the molecule is CN1C(=O)NC(=Cc2cccs2)C1=O. The van der Waals surface area contributed by atoms with Crippen molar-refractivity contribution in [3.8, 4) is 0 Å². The number of carbonyl (C=O) groups excluding carboxylic acids is 2. The van der Waals surface area contributed by atoms with Gasteiger partial charge in [-0.3, -0.25) is 9.69 Å². The summed E-state index contributed by atoms with van der Waals surface area (Å²) < 4.78 is 0. The summed E-state index contributed by atoms with van der Waals surface area (Å²) in [6.45, 7) is 0. The number of hydrogen-bond donors (Lipinski definition) is 1. The standard InChI is InChI=1S/C9H8N2O2S/c1-11-8(12)7(10-9(11)13)5-6-3-2-4-14-6/h2-5H,1H3,(H,10,13). The van der Waals surface area contributed by atoms with Crippen LogP contribution in [0.15, 0.2) is 23.2 Å². The molecule has 1 aliphatic heterocycles. The van der Waals surface area contributed by atoms with Crippen LogP contribution in [0.5, 0.6) is 0 Å². The maximum absolute atomic E-state index is 11.4.